The van der Waals surface area contributed by atoms with Gasteiger partial charge in [0, 0.05) is 40.9 Å². The molecule has 5 heteroatoms. The van der Waals surface area contributed by atoms with Gasteiger partial charge in [-0.3, -0.25) is 11.3 Å². The van der Waals surface area contributed by atoms with Crippen LogP contribution in [0.25, 0.3) is 0 Å². The first-order valence-corrected chi connectivity index (χ1v) is 7.73. The van der Waals surface area contributed by atoms with Crippen molar-refractivity contribution < 1.29 is 0 Å². The molecular formula is C14H18BrN3S. The SMILES string of the molecule is CN(C)c1ccc(C(Cc2cc(Br)cs2)NN)cc1. The Morgan fingerprint density at radius 2 is 2.00 bits per heavy atom. The molecule has 0 aliphatic heterocycles. The molecule has 3 nitrogen and oxygen atoms in total. The first-order valence-electron chi connectivity index (χ1n) is 6.06. The minimum Gasteiger partial charge on any atom is -0.378 e. The largest absolute Gasteiger partial charge is 0.378 e. The summed E-state index contributed by atoms with van der Waals surface area (Å²) in [5.41, 5.74) is 5.30. The summed E-state index contributed by atoms with van der Waals surface area (Å²) in [6.45, 7) is 0. The lowest BCUT2D eigenvalue weighted by molar-refractivity contribution is 0.555. The summed E-state index contributed by atoms with van der Waals surface area (Å²) >= 11 is 5.22. The van der Waals surface area contributed by atoms with Crippen molar-refractivity contribution in [2.45, 2.75) is 12.5 Å². The van der Waals surface area contributed by atoms with E-state index in [1.807, 2.05) is 14.1 Å². The number of nitrogens with one attached hydrogen (secondary N) is 1. The summed E-state index contributed by atoms with van der Waals surface area (Å²) in [6.07, 6.45) is 0.897. The first-order chi connectivity index (χ1) is 9.10. The summed E-state index contributed by atoms with van der Waals surface area (Å²) in [5, 5.41) is 2.10. The monoisotopic (exact) mass is 339 g/mol. The van der Waals surface area contributed by atoms with Gasteiger partial charge in [0.25, 0.3) is 0 Å². The van der Waals surface area contributed by atoms with Gasteiger partial charge >= 0.3 is 0 Å². The zero-order valence-corrected chi connectivity index (χ0v) is 13.5. The van der Waals surface area contributed by atoms with E-state index in [4.69, 9.17) is 5.84 Å². The third kappa shape index (κ3) is 3.79. The Balaban J connectivity index is 2.12. The minimum absolute atomic E-state index is 0.141. The van der Waals surface area contributed by atoms with E-state index >= 15 is 0 Å². The van der Waals surface area contributed by atoms with Gasteiger partial charge in [-0.1, -0.05) is 12.1 Å². The number of thiophene rings is 1. The Kier molecular flexibility index (Phi) is 4.99. The number of hydrazine groups is 1. The maximum Gasteiger partial charge on any atom is 0.0508 e. The molecule has 1 aromatic heterocycles. The second-order valence-electron chi connectivity index (χ2n) is 4.64. The maximum atomic E-state index is 5.69. The molecule has 0 saturated carbocycles. The van der Waals surface area contributed by atoms with Gasteiger partial charge in [-0.05, 0) is 39.7 Å². The molecule has 0 radical (unpaired) electrons. The summed E-state index contributed by atoms with van der Waals surface area (Å²) in [7, 11) is 4.08. The Morgan fingerprint density at radius 3 is 2.47 bits per heavy atom. The van der Waals surface area contributed by atoms with Crippen LogP contribution in [0.15, 0.2) is 40.2 Å². The van der Waals surface area contributed by atoms with E-state index in [1.165, 1.54) is 16.1 Å². The topological polar surface area (TPSA) is 41.3 Å². The second kappa shape index (κ2) is 6.52. The van der Waals surface area contributed by atoms with Crippen molar-refractivity contribution in [1.29, 1.82) is 0 Å². The molecule has 19 heavy (non-hydrogen) atoms. The number of benzene rings is 1. The van der Waals surface area contributed by atoms with E-state index in [9.17, 15) is 0 Å². The predicted molar refractivity (Wildman–Crippen MR) is 86.6 cm³/mol. The molecule has 1 unspecified atom stereocenters. The molecule has 0 spiro atoms. The highest BCUT2D eigenvalue weighted by Crippen LogP contribution is 2.26. The summed E-state index contributed by atoms with van der Waals surface area (Å²) < 4.78 is 1.13. The van der Waals surface area contributed by atoms with E-state index in [0.717, 1.165) is 10.9 Å². The normalized spacial score (nSPS) is 12.4. The van der Waals surface area contributed by atoms with E-state index in [2.05, 4.69) is 62.0 Å². The molecule has 0 fully saturated rings. The molecule has 0 aliphatic carbocycles. The maximum absolute atomic E-state index is 5.69. The predicted octanol–water partition coefficient (Wildman–Crippen LogP) is 3.32. The molecule has 102 valence electrons. The number of anilines is 1. The summed E-state index contributed by atoms with van der Waals surface area (Å²) in [6, 6.07) is 10.8. The Bertz CT molecular complexity index is 522. The van der Waals surface area contributed by atoms with Crippen LogP contribution in [0.2, 0.25) is 0 Å². The number of nitrogens with two attached hydrogens (primary N) is 1. The molecule has 0 bridgehead atoms. The highest BCUT2D eigenvalue weighted by atomic mass is 79.9. The standard InChI is InChI=1S/C14H18BrN3S/c1-18(2)12-5-3-10(4-6-12)14(17-16)8-13-7-11(15)9-19-13/h3-7,9,14,17H,8,16H2,1-2H3. The first kappa shape index (κ1) is 14.5. The van der Waals surface area contributed by atoms with E-state index in [0.29, 0.717) is 0 Å². The van der Waals surface area contributed by atoms with Crippen LogP contribution in [-0.2, 0) is 6.42 Å². The Morgan fingerprint density at radius 1 is 1.32 bits per heavy atom. The van der Waals surface area contributed by atoms with E-state index < -0.39 is 0 Å². The van der Waals surface area contributed by atoms with Gasteiger partial charge < -0.3 is 4.90 Å². The Labute approximate surface area is 126 Å². The fourth-order valence-corrected chi connectivity index (χ4v) is 3.44. The van der Waals surface area contributed by atoms with Gasteiger partial charge in [0.1, 0.15) is 0 Å². The summed E-state index contributed by atoms with van der Waals surface area (Å²) in [4.78, 5) is 3.40. The molecular weight excluding hydrogens is 322 g/mol. The lowest BCUT2D eigenvalue weighted by Gasteiger charge is -2.18. The van der Waals surface area contributed by atoms with E-state index in [-0.39, 0.29) is 6.04 Å². The van der Waals surface area contributed by atoms with Crippen LogP contribution in [-0.4, -0.2) is 14.1 Å². The van der Waals surface area contributed by atoms with Gasteiger partial charge in [-0.15, -0.1) is 11.3 Å². The van der Waals surface area contributed by atoms with Crippen LogP contribution in [0.4, 0.5) is 5.69 Å². The number of rotatable bonds is 5. The third-order valence-corrected chi connectivity index (χ3v) is 4.76. The van der Waals surface area contributed by atoms with Gasteiger partial charge in [-0.2, -0.15) is 0 Å². The quantitative estimate of drug-likeness (QED) is 0.648. The van der Waals surface area contributed by atoms with Crippen molar-refractivity contribution in [3.63, 3.8) is 0 Å². The average Bonchev–Trinajstić information content (AvgIpc) is 2.81. The highest BCUT2D eigenvalue weighted by molar-refractivity contribution is 9.10. The van der Waals surface area contributed by atoms with Gasteiger partial charge in [0.15, 0.2) is 0 Å². The molecule has 0 amide bonds. The third-order valence-electron chi connectivity index (χ3n) is 3.04. The molecule has 1 aromatic carbocycles. The number of hydrogen-bond acceptors (Lipinski definition) is 4. The van der Waals surface area contributed by atoms with Gasteiger partial charge in [-0.25, -0.2) is 0 Å². The fraction of sp³-hybridized carbons (Fsp3) is 0.286. The van der Waals surface area contributed by atoms with Gasteiger partial charge in [0.05, 0.1) is 6.04 Å². The zero-order chi connectivity index (χ0) is 13.8. The van der Waals surface area contributed by atoms with Crippen LogP contribution in [0, 0.1) is 0 Å². The molecule has 1 heterocycles. The lowest BCUT2D eigenvalue weighted by atomic mass is 10.0. The lowest BCUT2D eigenvalue weighted by Crippen LogP contribution is -2.29. The van der Waals surface area contributed by atoms with Crippen molar-refractivity contribution in [2.75, 3.05) is 19.0 Å². The minimum atomic E-state index is 0.141. The highest BCUT2D eigenvalue weighted by Gasteiger charge is 2.12. The molecule has 2 aromatic rings. The fourth-order valence-electron chi connectivity index (χ4n) is 1.94. The van der Waals surface area contributed by atoms with Crippen molar-refractivity contribution in [2.24, 2.45) is 5.84 Å². The van der Waals surface area contributed by atoms with Crippen LogP contribution in [0.5, 0.6) is 0 Å². The Hall–Kier alpha value is -0.880. The number of halogens is 1. The zero-order valence-electron chi connectivity index (χ0n) is 11.1. The van der Waals surface area contributed by atoms with Crippen molar-refractivity contribution in [1.82, 2.24) is 5.43 Å². The van der Waals surface area contributed by atoms with Crippen LogP contribution < -0.4 is 16.2 Å². The van der Waals surface area contributed by atoms with Crippen LogP contribution in [0.3, 0.4) is 0 Å². The number of hydrogen-bond donors (Lipinski definition) is 2. The van der Waals surface area contributed by atoms with Crippen LogP contribution >= 0.6 is 27.3 Å². The molecule has 1 atom stereocenters. The summed E-state index contributed by atoms with van der Waals surface area (Å²) in [5.74, 6) is 5.69. The molecule has 0 saturated heterocycles. The van der Waals surface area contributed by atoms with Crippen LogP contribution in [0.1, 0.15) is 16.5 Å². The molecule has 2 rings (SSSR count). The van der Waals surface area contributed by atoms with Crippen molar-refractivity contribution in [3.05, 3.63) is 50.6 Å². The van der Waals surface area contributed by atoms with Gasteiger partial charge in [0.2, 0.25) is 0 Å². The molecule has 3 N–H and O–H groups in total. The second-order valence-corrected chi connectivity index (χ2v) is 6.55. The average molecular weight is 340 g/mol. The van der Waals surface area contributed by atoms with Crippen molar-refractivity contribution >= 4 is 33.0 Å². The van der Waals surface area contributed by atoms with E-state index in [1.54, 1.807) is 11.3 Å². The molecule has 0 aliphatic rings. The van der Waals surface area contributed by atoms with Crippen molar-refractivity contribution in [3.8, 4) is 0 Å². The number of nitrogens with zero attached hydrogens (tertiary/aromatic N) is 1. The smallest absolute Gasteiger partial charge is 0.0508 e.